The van der Waals surface area contributed by atoms with Crippen molar-refractivity contribution in [3.8, 4) is 11.1 Å². The molecular weight excluding hydrogens is 340 g/mol. The van der Waals surface area contributed by atoms with E-state index >= 15 is 0 Å². The summed E-state index contributed by atoms with van der Waals surface area (Å²) >= 11 is 1.28. The quantitative estimate of drug-likeness (QED) is 0.703. The number of anilines is 1. The third-order valence-corrected chi connectivity index (χ3v) is 4.34. The molecule has 0 fully saturated rings. The van der Waals surface area contributed by atoms with Crippen LogP contribution in [0.3, 0.4) is 0 Å². The fraction of sp³-hybridized carbons (Fsp3) is 0.167. The van der Waals surface area contributed by atoms with Crippen LogP contribution in [0.5, 0.6) is 0 Å². The Morgan fingerprint density at radius 2 is 1.96 bits per heavy atom. The summed E-state index contributed by atoms with van der Waals surface area (Å²) in [5, 5.41) is 7.97. The normalized spacial score (nSPS) is 10.5. The summed E-state index contributed by atoms with van der Waals surface area (Å²) < 4.78 is 9.97. The highest BCUT2D eigenvalue weighted by Crippen LogP contribution is 2.29. The number of nitrogens with one attached hydrogen (secondary N) is 1. The molecular formula is C18H16N2O4S. The number of thiophene rings is 1. The zero-order valence-corrected chi connectivity index (χ0v) is 14.6. The second-order valence-corrected chi connectivity index (χ2v) is 6.39. The van der Waals surface area contributed by atoms with Crippen molar-refractivity contribution < 1.29 is 18.8 Å². The summed E-state index contributed by atoms with van der Waals surface area (Å²) in [7, 11) is 0. The molecule has 0 aliphatic carbocycles. The maximum absolute atomic E-state index is 12.3. The average molecular weight is 356 g/mol. The van der Waals surface area contributed by atoms with Gasteiger partial charge in [-0.1, -0.05) is 35.0 Å². The predicted molar refractivity (Wildman–Crippen MR) is 94.6 cm³/mol. The van der Waals surface area contributed by atoms with E-state index in [4.69, 9.17) is 9.26 Å². The molecule has 2 aromatic heterocycles. The molecule has 1 aromatic carbocycles. The monoisotopic (exact) mass is 356 g/mol. The number of hydrogen-bond acceptors (Lipinski definition) is 6. The molecule has 1 N–H and O–H groups in total. The Bertz CT molecular complexity index is 896. The summed E-state index contributed by atoms with van der Waals surface area (Å²) in [5.74, 6) is -0.143. The van der Waals surface area contributed by atoms with E-state index in [0.29, 0.717) is 10.6 Å². The van der Waals surface area contributed by atoms with E-state index in [0.717, 1.165) is 16.7 Å². The van der Waals surface area contributed by atoms with Gasteiger partial charge in [-0.3, -0.25) is 4.79 Å². The number of amides is 1. The minimum Gasteiger partial charge on any atom is -0.451 e. The summed E-state index contributed by atoms with van der Waals surface area (Å²) in [6, 6.07) is 11.3. The highest BCUT2D eigenvalue weighted by Gasteiger charge is 2.17. The van der Waals surface area contributed by atoms with Crippen molar-refractivity contribution in [1.82, 2.24) is 5.16 Å². The molecule has 0 atom stereocenters. The van der Waals surface area contributed by atoms with Gasteiger partial charge in [0.15, 0.2) is 12.4 Å². The van der Waals surface area contributed by atoms with Crippen LogP contribution in [0.15, 0.2) is 46.3 Å². The largest absolute Gasteiger partial charge is 0.451 e. The lowest BCUT2D eigenvalue weighted by Crippen LogP contribution is -2.20. The van der Waals surface area contributed by atoms with Crippen LogP contribution in [-0.2, 0) is 9.53 Å². The van der Waals surface area contributed by atoms with Crippen LogP contribution in [-0.4, -0.2) is 23.6 Å². The number of aryl methyl sites for hydroxylation is 2. The van der Waals surface area contributed by atoms with Crippen molar-refractivity contribution in [3.63, 3.8) is 0 Å². The van der Waals surface area contributed by atoms with Crippen molar-refractivity contribution in [2.24, 2.45) is 0 Å². The van der Waals surface area contributed by atoms with E-state index in [1.807, 2.05) is 42.6 Å². The Kier molecular flexibility index (Phi) is 4.95. The van der Waals surface area contributed by atoms with Crippen LogP contribution in [0.1, 0.15) is 21.0 Å². The smallest absolute Gasteiger partial charge is 0.349 e. The van der Waals surface area contributed by atoms with E-state index in [-0.39, 0.29) is 5.82 Å². The van der Waals surface area contributed by atoms with Gasteiger partial charge in [-0.2, -0.15) is 0 Å². The Balaban J connectivity index is 1.63. The van der Waals surface area contributed by atoms with Crippen LogP contribution < -0.4 is 5.32 Å². The summed E-state index contributed by atoms with van der Waals surface area (Å²) in [5.41, 5.74) is 2.87. The molecule has 0 bridgehead atoms. The Morgan fingerprint density at radius 1 is 1.20 bits per heavy atom. The number of rotatable bonds is 5. The number of ether oxygens (including phenoxy) is 1. The van der Waals surface area contributed by atoms with Crippen LogP contribution in [0.2, 0.25) is 0 Å². The Hall–Kier alpha value is -2.93. The first-order chi connectivity index (χ1) is 12.0. The van der Waals surface area contributed by atoms with Gasteiger partial charge in [0.2, 0.25) is 0 Å². The number of esters is 1. The van der Waals surface area contributed by atoms with E-state index < -0.39 is 18.5 Å². The molecule has 7 heteroatoms. The Labute approximate surface area is 148 Å². The van der Waals surface area contributed by atoms with Gasteiger partial charge in [-0.25, -0.2) is 4.79 Å². The standard InChI is InChI=1S/C18H16N2O4S/c1-11-3-5-13(6-4-11)14-7-8-25-17(14)18(22)23-10-16(21)19-15-9-12(2)24-20-15/h3-9H,10H2,1-2H3,(H,19,20,21). The first-order valence-electron chi connectivity index (χ1n) is 7.58. The van der Waals surface area contributed by atoms with Crippen molar-refractivity contribution in [2.45, 2.75) is 13.8 Å². The van der Waals surface area contributed by atoms with Crippen molar-refractivity contribution in [3.05, 3.63) is 58.0 Å². The molecule has 0 aliphatic heterocycles. The number of carbonyl (C=O) groups is 2. The highest BCUT2D eigenvalue weighted by molar-refractivity contribution is 7.12. The zero-order chi connectivity index (χ0) is 17.8. The molecule has 0 aliphatic rings. The van der Waals surface area contributed by atoms with Gasteiger partial charge in [0.05, 0.1) is 0 Å². The molecule has 0 radical (unpaired) electrons. The van der Waals surface area contributed by atoms with Crippen LogP contribution in [0, 0.1) is 13.8 Å². The number of benzene rings is 1. The second-order valence-electron chi connectivity index (χ2n) is 5.48. The van der Waals surface area contributed by atoms with Gasteiger partial charge < -0.3 is 14.6 Å². The van der Waals surface area contributed by atoms with Crippen molar-refractivity contribution >= 4 is 29.0 Å². The van der Waals surface area contributed by atoms with E-state index in [9.17, 15) is 9.59 Å². The minimum atomic E-state index is -0.531. The van der Waals surface area contributed by atoms with Gasteiger partial charge in [0.1, 0.15) is 10.6 Å². The fourth-order valence-corrected chi connectivity index (χ4v) is 3.04. The first-order valence-corrected chi connectivity index (χ1v) is 8.46. The lowest BCUT2D eigenvalue weighted by Gasteiger charge is -2.06. The van der Waals surface area contributed by atoms with Gasteiger partial charge >= 0.3 is 5.97 Å². The van der Waals surface area contributed by atoms with Crippen LogP contribution in [0.4, 0.5) is 5.82 Å². The second kappa shape index (κ2) is 7.31. The minimum absolute atomic E-state index is 0.287. The van der Waals surface area contributed by atoms with Crippen LogP contribution >= 0.6 is 11.3 Å². The molecule has 3 aromatic rings. The first kappa shape index (κ1) is 16.9. The summed E-state index contributed by atoms with van der Waals surface area (Å²) in [6.07, 6.45) is 0. The van der Waals surface area contributed by atoms with E-state index in [2.05, 4.69) is 10.5 Å². The van der Waals surface area contributed by atoms with Gasteiger partial charge in [0.25, 0.3) is 5.91 Å². The van der Waals surface area contributed by atoms with Crippen molar-refractivity contribution in [2.75, 3.05) is 11.9 Å². The molecule has 6 nitrogen and oxygen atoms in total. The van der Waals surface area contributed by atoms with E-state index in [1.165, 1.54) is 11.3 Å². The number of carbonyl (C=O) groups excluding carboxylic acids is 2. The average Bonchev–Trinajstić information content (AvgIpc) is 3.22. The summed E-state index contributed by atoms with van der Waals surface area (Å²) in [6.45, 7) is 3.32. The maximum Gasteiger partial charge on any atom is 0.349 e. The Morgan fingerprint density at radius 3 is 2.64 bits per heavy atom. The van der Waals surface area contributed by atoms with Gasteiger partial charge in [0, 0.05) is 11.6 Å². The molecule has 0 spiro atoms. The summed E-state index contributed by atoms with van der Waals surface area (Å²) in [4.78, 5) is 24.6. The maximum atomic E-state index is 12.3. The fourth-order valence-electron chi connectivity index (χ4n) is 2.23. The van der Waals surface area contributed by atoms with Crippen LogP contribution in [0.25, 0.3) is 11.1 Å². The van der Waals surface area contributed by atoms with Crippen molar-refractivity contribution in [1.29, 1.82) is 0 Å². The molecule has 0 saturated heterocycles. The molecule has 3 rings (SSSR count). The number of nitrogens with zero attached hydrogens (tertiary/aromatic N) is 1. The van der Waals surface area contributed by atoms with Gasteiger partial charge in [-0.15, -0.1) is 11.3 Å². The molecule has 0 saturated carbocycles. The topological polar surface area (TPSA) is 81.4 Å². The number of aromatic nitrogens is 1. The number of hydrogen-bond donors (Lipinski definition) is 1. The molecule has 25 heavy (non-hydrogen) atoms. The third kappa shape index (κ3) is 4.13. The lowest BCUT2D eigenvalue weighted by atomic mass is 10.1. The lowest BCUT2D eigenvalue weighted by molar-refractivity contribution is -0.119. The molecule has 2 heterocycles. The highest BCUT2D eigenvalue weighted by atomic mass is 32.1. The third-order valence-electron chi connectivity index (χ3n) is 3.44. The molecule has 0 unspecified atom stereocenters. The predicted octanol–water partition coefficient (Wildman–Crippen LogP) is 3.82. The van der Waals surface area contributed by atoms with E-state index in [1.54, 1.807) is 13.0 Å². The molecule has 1 amide bonds. The molecule has 128 valence electrons. The SMILES string of the molecule is Cc1ccc(-c2ccsc2C(=O)OCC(=O)Nc2cc(C)on2)cc1. The zero-order valence-electron chi connectivity index (χ0n) is 13.7. The van der Waals surface area contributed by atoms with Gasteiger partial charge in [-0.05, 0) is 30.9 Å².